The van der Waals surface area contributed by atoms with Crippen LogP contribution in [0.2, 0.25) is 0 Å². The van der Waals surface area contributed by atoms with Crippen LogP contribution in [-0.4, -0.2) is 10.1 Å². The van der Waals surface area contributed by atoms with Crippen molar-refractivity contribution >= 4 is 0 Å². The maximum Gasteiger partial charge on any atom is 0.246 e. The highest BCUT2D eigenvalue weighted by Gasteiger charge is 2.38. The van der Waals surface area contributed by atoms with Gasteiger partial charge in [-0.3, -0.25) is 0 Å². The molecule has 2 aliphatic rings. The average molecular weight is 249 g/mol. The van der Waals surface area contributed by atoms with Gasteiger partial charge in [0.05, 0.1) is 5.54 Å². The van der Waals surface area contributed by atoms with Crippen LogP contribution < -0.4 is 5.73 Å². The third-order valence-electron chi connectivity index (χ3n) is 4.62. The molecule has 2 atom stereocenters. The molecule has 2 fully saturated rings. The number of aromatic nitrogens is 2. The van der Waals surface area contributed by atoms with Crippen molar-refractivity contribution in [2.24, 2.45) is 11.7 Å². The second-order valence-corrected chi connectivity index (χ2v) is 6.30. The number of hydrogen-bond acceptors (Lipinski definition) is 4. The highest BCUT2D eigenvalue weighted by atomic mass is 16.5. The molecule has 2 N–H and O–H groups in total. The highest BCUT2D eigenvalue weighted by Crippen LogP contribution is 2.38. The smallest absolute Gasteiger partial charge is 0.246 e. The first kappa shape index (κ1) is 12.2. The molecule has 0 aliphatic heterocycles. The fraction of sp³-hybridized carbons (Fsp3) is 0.857. The molecule has 3 rings (SSSR count). The van der Waals surface area contributed by atoms with Crippen LogP contribution in [0, 0.1) is 5.92 Å². The van der Waals surface area contributed by atoms with E-state index in [1.807, 2.05) is 0 Å². The first-order valence-electron chi connectivity index (χ1n) is 7.30. The minimum absolute atomic E-state index is 0.373. The predicted molar refractivity (Wildman–Crippen MR) is 69.0 cm³/mol. The topological polar surface area (TPSA) is 64.9 Å². The van der Waals surface area contributed by atoms with Gasteiger partial charge in [-0.15, -0.1) is 0 Å². The lowest BCUT2D eigenvalue weighted by Gasteiger charge is -2.33. The van der Waals surface area contributed by atoms with Gasteiger partial charge in [0.25, 0.3) is 0 Å². The van der Waals surface area contributed by atoms with E-state index in [0.29, 0.717) is 17.7 Å². The number of rotatable bonds is 2. The normalized spacial score (nSPS) is 34.0. The average Bonchev–Trinajstić information content (AvgIpc) is 3.00. The lowest BCUT2D eigenvalue weighted by Crippen LogP contribution is -2.41. The molecule has 0 radical (unpaired) electrons. The van der Waals surface area contributed by atoms with Gasteiger partial charge in [0.15, 0.2) is 5.82 Å². The van der Waals surface area contributed by atoms with Gasteiger partial charge in [0.1, 0.15) is 0 Å². The van der Waals surface area contributed by atoms with Gasteiger partial charge < -0.3 is 10.3 Å². The van der Waals surface area contributed by atoms with Crippen molar-refractivity contribution in [1.82, 2.24) is 10.1 Å². The molecule has 4 nitrogen and oxygen atoms in total. The first-order valence-corrected chi connectivity index (χ1v) is 7.30. The molecule has 1 aromatic rings. The molecule has 2 unspecified atom stereocenters. The molecular weight excluding hydrogens is 226 g/mol. The Labute approximate surface area is 108 Å². The maximum atomic E-state index is 6.49. The van der Waals surface area contributed by atoms with Crippen LogP contribution in [0.1, 0.15) is 75.9 Å². The van der Waals surface area contributed by atoms with Crippen LogP contribution in [0.15, 0.2) is 4.52 Å². The summed E-state index contributed by atoms with van der Waals surface area (Å²) in [6.07, 6.45) is 9.36. The van der Waals surface area contributed by atoms with Crippen LogP contribution in [0.4, 0.5) is 0 Å². The van der Waals surface area contributed by atoms with Gasteiger partial charge in [0, 0.05) is 5.92 Å². The van der Waals surface area contributed by atoms with E-state index in [0.717, 1.165) is 18.7 Å². The van der Waals surface area contributed by atoms with Crippen molar-refractivity contribution < 1.29 is 4.52 Å². The fourth-order valence-corrected chi connectivity index (χ4v) is 3.57. The SMILES string of the molecule is CC1CCCC(N)(c2nc(C3CCCC3)no2)C1. The summed E-state index contributed by atoms with van der Waals surface area (Å²) in [5, 5.41) is 4.18. The summed E-state index contributed by atoms with van der Waals surface area (Å²) in [6.45, 7) is 2.26. The summed E-state index contributed by atoms with van der Waals surface area (Å²) in [7, 11) is 0. The second-order valence-electron chi connectivity index (χ2n) is 6.30. The van der Waals surface area contributed by atoms with Crippen LogP contribution >= 0.6 is 0 Å². The minimum Gasteiger partial charge on any atom is -0.337 e. The molecule has 0 bridgehead atoms. The Morgan fingerprint density at radius 3 is 2.72 bits per heavy atom. The zero-order chi connectivity index (χ0) is 12.6. The molecule has 1 heterocycles. The molecule has 18 heavy (non-hydrogen) atoms. The van der Waals surface area contributed by atoms with E-state index >= 15 is 0 Å². The molecule has 2 aliphatic carbocycles. The van der Waals surface area contributed by atoms with Crippen molar-refractivity contribution in [3.8, 4) is 0 Å². The third kappa shape index (κ3) is 2.18. The Balaban J connectivity index is 1.79. The standard InChI is InChI=1S/C14H23N3O/c1-10-5-4-8-14(15,9-10)13-16-12(17-18-13)11-6-2-3-7-11/h10-11H,2-9,15H2,1H3. The Kier molecular flexibility index (Phi) is 3.14. The Bertz CT molecular complexity index is 411. The van der Waals surface area contributed by atoms with Crippen molar-refractivity contribution in [1.29, 1.82) is 0 Å². The van der Waals surface area contributed by atoms with Gasteiger partial charge >= 0.3 is 0 Å². The summed E-state index contributed by atoms with van der Waals surface area (Å²) >= 11 is 0. The number of nitrogens with zero attached hydrogens (tertiary/aromatic N) is 2. The molecular formula is C14H23N3O. The summed E-state index contributed by atoms with van der Waals surface area (Å²) < 4.78 is 5.48. The fourth-order valence-electron chi connectivity index (χ4n) is 3.57. The van der Waals surface area contributed by atoms with E-state index in [9.17, 15) is 0 Å². The van der Waals surface area contributed by atoms with Crippen molar-refractivity contribution in [3.63, 3.8) is 0 Å². The molecule has 0 saturated heterocycles. The summed E-state index contributed by atoms with van der Waals surface area (Å²) in [4.78, 5) is 4.62. The molecule has 100 valence electrons. The third-order valence-corrected chi connectivity index (χ3v) is 4.62. The Hall–Kier alpha value is -0.900. The molecule has 4 heteroatoms. The quantitative estimate of drug-likeness (QED) is 0.874. The van der Waals surface area contributed by atoms with Crippen molar-refractivity contribution in [2.75, 3.05) is 0 Å². The van der Waals surface area contributed by atoms with Gasteiger partial charge in [0.2, 0.25) is 5.89 Å². The van der Waals surface area contributed by atoms with Crippen LogP contribution in [0.5, 0.6) is 0 Å². The summed E-state index contributed by atoms with van der Waals surface area (Å²) in [5.74, 6) is 2.74. The monoisotopic (exact) mass is 249 g/mol. The van der Waals surface area contributed by atoms with Gasteiger partial charge in [-0.2, -0.15) is 4.98 Å². The summed E-state index contributed by atoms with van der Waals surface area (Å²) in [6, 6.07) is 0. The largest absolute Gasteiger partial charge is 0.337 e. The van der Waals surface area contributed by atoms with Gasteiger partial charge in [-0.1, -0.05) is 37.8 Å². The lowest BCUT2D eigenvalue weighted by molar-refractivity contribution is 0.183. The molecule has 0 spiro atoms. The van der Waals surface area contributed by atoms with Crippen molar-refractivity contribution in [3.05, 3.63) is 11.7 Å². The van der Waals surface area contributed by atoms with Crippen LogP contribution in [-0.2, 0) is 5.54 Å². The predicted octanol–water partition coefficient (Wildman–Crippen LogP) is 3.09. The molecule has 0 aromatic carbocycles. The van der Waals surface area contributed by atoms with Gasteiger partial charge in [-0.25, -0.2) is 0 Å². The maximum absolute atomic E-state index is 6.49. The highest BCUT2D eigenvalue weighted by molar-refractivity contribution is 5.07. The number of hydrogen-bond donors (Lipinski definition) is 1. The van der Waals surface area contributed by atoms with E-state index in [1.165, 1.54) is 38.5 Å². The van der Waals surface area contributed by atoms with Gasteiger partial charge in [-0.05, 0) is 31.6 Å². The van der Waals surface area contributed by atoms with E-state index in [-0.39, 0.29) is 5.54 Å². The zero-order valence-electron chi connectivity index (χ0n) is 11.2. The molecule has 1 aromatic heterocycles. The zero-order valence-corrected chi connectivity index (χ0v) is 11.2. The molecule has 0 amide bonds. The Morgan fingerprint density at radius 2 is 2.00 bits per heavy atom. The first-order chi connectivity index (χ1) is 8.67. The summed E-state index contributed by atoms with van der Waals surface area (Å²) in [5.41, 5.74) is 6.11. The minimum atomic E-state index is -0.373. The van der Waals surface area contributed by atoms with E-state index in [2.05, 4.69) is 17.1 Å². The van der Waals surface area contributed by atoms with Crippen LogP contribution in [0.25, 0.3) is 0 Å². The second kappa shape index (κ2) is 4.65. The lowest BCUT2D eigenvalue weighted by atomic mass is 9.77. The Morgan fingerprint density at radius 1 is 1.22 bits per heavy atom. The van der Waals surface area contributed by atoms with E-state index in [1.54, 1.807) is 0 Å². The van der Waals surface area contributed by atoms with E-state index < -0.39 is 0 Å². The van der Waals surface area contributed by atoms with Crippen molar-refractivity contribution in [2.45, 2.75) is 69.7 Å². The van der Waals surface area contributed by atoms with Crippen LogP contribution in [0.3, 0.4) is 0 Å². The molecule has 2 saturated carbocycles. The number of nitrogens with two attached hydrogens (primary N) is 1. The van der Waals surface area contributed by atoms with E-state index in [4.69, 9.17) is 10.3 Å².